The van der Waals surface area contributed by atoms with Crippen LogP contribution in [0, 0.1) is 0 Å². The zero-order chi connectivity index (χ0) is 7.11. The second-order valence-corrected chi connectivity index (χ2v) is 1.38. The summed E-state index contributed by atoms with van der Waals surface area (Å²) in [6, 6.07) is 0. The van der Waals surface area contributed by atoms with Gasteiger partial charge in [-0.25, -0.2) is 0 Å². The lowest BCUT2D eigenvalue weighted by atomic mass is 10.4. The molecular weight excluding hydrogens is 112 g/mol. The lowest BCUT2D eigenvalue weighted by Gasteiger charge is -1.82. The van der Waals surface area contributed by atoms with E-state index in [1.165, 1.54) is 0 Å². The van der Waals surface area contributed by atoms with E-state index < -0.39 is 0 Å². The summed E-state index contributed by atoms with van der Waals surface area (Å²) in [5.41, 5.74) is 7.88. The maximum absolute atomic E-state index is 5.31. The third kappa shape index (κ3) is 4.59. The summed E-state index contributed by atoms with van der Waals surface area (Å²) >= 11 is 0. The topological polar surface area (TPSA) is 38.4 Å². The van der Waals surface area contributed by atoms with Crippen molar-refractivity contribution in [2.45, 2.75) is 0 Å². The van der Waals surface area contributed by atoms with Crippen LogP contribution in [0.3, 0.4) is 0 Å². The molecule has 0 aromatic rings. The van der Waals surface area contributed by atoms with Crippen LogP contribution in [0.25, 0.3) is 0 Å². The van der Waals surface area contributed by atoms with E-state index in [9.17, 15) is 0 Å². The zero-order valence-electron chi connectivity index (χ0n) is 5.46. The highest BCUT2D eigenvalue weighted by Gasteiger charge is 1.73. The fraction of sp³-hybridized carbons (Fsp3) is 0.143. The monoisotopic (exact) mass is 122 g/mol. The number of aliphatic imine (C=N–C) groups is 1. The second-order valence-electron chi connectivity index (χ2n) is 1.38. The van der Waals surface area contributed by atoms with Crippen molar-refractivity contribution in [1.29, 1.82) is 0 Å². The molecule has 0 bridgehead atoms. The van der Waals surface area contributed by atoms with Gasteiger partial charge >= 0.3 is 0 Å². The molecule has 0 fully saturated rings. The van der Waals surface area contributed by atoms with Gasteiger partial charge in [-0.1, -0.05) is 12.7 Å². The van der Waals surface area contributed by atoms with Gasteiger partial charge in [0, 0.05) is 7.05 Å². The van der Waals surface area contributed by atoms with E-state index in [2.05, 4.69) is 17.3 Å². The highest BCUT2D eigenvalue weighted by Crippen LogP contribution is 1.73. The standard InChI is InChI=1S/C7H10N2/c1-3-4-5-6-7(8)9-2/h4-6H,1H2,2H3,(H2,8,9)/b6-5-. The van der Waals surface area contributed by atoms with Gasteiger partial charge < -0.3 is 5.73 Å². The number of amidine groups is 1. The van der Waals surface area contributed by atoms with Gasteiger partial charge in [0.1, 0.15) is 5.84 Å². The van der Waals surface area contributed by atoms with E-state index in [-0.39, 0.29) is 0 Å². The summed E-state index contributed by atoms with van der Waals surface area (Å²) in [6.45, 7) is 3.37. The van der Waals surface area contributed by atoms with Crippen LogP contribution in [0.1, 0.15) is 0 Å². The fourth-order valence-corrected chi connectivity index (χ4v) is 0.289. The number of rotatable bonds is 2. The van der Waals surface area contributed by atoms with Gasteiger partial charge in [0.05, 0.1) is 0 Å². The first-order chi connectivity index (χ1) is 4.31. The van der Waals surface area contributed by atoms with Crippen LogP contribution in [-0.2, 0) is 0 Å². The van der Waals surface area contributed by atoms with Gasteiger partial charge in [-0.15, -0.1) is 5.73 Å². The van der Waals surface area contributed by atoms with Gasteiger partial charge in [0.25, 0.3) is 0 Å². The molecule has 2 N–H and O–H groups in total. The van der Waals surface area contributed by atoms with Crippen molar-refractivity contribution < 1.29 is 0 Å². The minimum absolute atomic E-state index is 0.501. The van der Waals surface area contributed by atoms with Crippen molar-refractivity contribution in [1.82, 2.24) is 0 Å². The van der Waals surface area contributed by atoms with Crippen molar-refractivity contribution in [3.05, 3.63) is 30.5 Å². The number of hydrogen-bond acceptors (Lipinski definition) is 1. The Morgan fingerprint density at radius 2 is 2.44 bits per heavy atom. The Morgan fingerprint density at radius 1 is 1.78 bits per heavy atom. The van der Waals surface area contributed by atoms with Crippen molar-refractivity contribution in [2.75, 3.05) is 7.05 Å². The molecule has 0 radical (unpaired) electrons. The number of nitrogens with two attached hydrogens (primary N) is 1. The summed E-state index contributed by atoms with van der Waals surface area (Å²) < 4.78 is 0. The smallest absolute Gasteiger partial charge is 0.117 e. The van der Waals surface area contributed by atoms with E-state index in [1.807, 2.05) is 0 Å². The average Bonchev–Trinajstić information content (AvgIpc) is 1.89. The Balaban J connectivity index is 3.85. The molecule has 0 aliphatic heterocycles. The Morgan fingerprint density at radius 3 is 2.89 bits per heavy atom. The van der Waals surface area contributed by atoms with Crippen molar-refractivity contribution in [3.63, 3.8) is 0 Å². The highest BCUT2D eigenvalue weighted by molar-refractivity contribution is 5.91. The van der Waals surface area contributed by atoms with Gasteiger partial charge in [0.2, 0.25) is 0 Å². The van der Waals surface area contributed by atoms with E-state index >= 15 is 0 Å². The molecule has 0 aromatic carbocycles. The largest absolute Gasteiger partial charge is 0.384 e. The van der Waals surface area contributed by atoms with Crippen LogP contribution in [-0.4, -0.2) is 12.9 Å². The summed E-state index contributed by atoms with van der Waals surface area (Å²) in [4.78, 5) is 3.70. The predicted molar refractivity (Wildman–Crippen MR) is 40.4 cm³/mol. The molecule has 2 nitrogen and oxygen atoms in total. The molecule has 0 amide bonds. The van der Waals surface area contributed by atoms with Crippen LogP contribution in [0.2, 0.25) is 0 Å². The molecule has 0 heterocycles. The number of allylic oxidation sites excluding steroid dienone is 2. The van der Waals surface area contributed by atoms with E-state index in [1.54, 1.807) is 25.3 Å². The van der Waals surface area contributed by atoms with E-state index in [4.69, 9.17) is 5.73 Å². The molecule has 9 heavy (non-hydrogen) atoms. The SMILES string of the molecule is C=C=C/C=C\C(N)=NC. The summed E-state index contributed by atoms with van der Waals surface area (Å²) in [6.07, 6.45) is 5.07. The zero-order valence-corrected chi connectivity index (χ0v) is 5.46. The molecule has 48 valence electrons. The number of nitrogens with zero attached hydrogens (tertiary/aromatic N) is 1. The van der Waals surface area contributed by atoms with Crippen LogP contribution < -0.4 is 5.73 Å². The van der Waals surface area contributed by atoms with Crippen LogP contribution in [0.5, 0.6) is 0 Å². The molecule has 0 spiro atoms. The lowest BCUT2D eigenvalue weighted by Crippen LogP contribution is -2.06. The normalized spacial score (nSPS) is 11.4. The summed E-state index contributed by atoms with van der Waals surface area (Å²) in [5, 5.41) is 0. The van der Waals surface area contributed by atoms with Gasteiger partial charge in [-0.05, 0) is 12.2 Å². The molecule has 0 atom stereocenters. The summed E-state index contributed by atoms with van der Waals surface area (Å²) in [7, 11) is 1.64. The van der Waals surface area contributed by atoms with Crippen LogP contribution in [0.15, 0.2) is 35.5 Å². The molecule has 0 saturated carbocycles. The van der Waals surface area contributed by atoms with E-state index in [0.717, 1.165) is 0 Å². The first-order valence-corrected chi connectivity index (χ1v) is 2.56. The molecule has 0 aliphatic carbocycles. The molecule has 0 unspecified atom stereocenters. The number of hydrogen-bond donors (Lipinski definition) is 1. The Hall–Kier alpha value is -1.27. The third-order valence-electron chi connectivity index (χ3n) is 0.739. The molecule has 0 aliphatic rings. The summed E-state index contributed by atoms with van der Waals surface area (Å²) in [5.74, 6) is 0.501. The maximum atomic E-state index is 5.31. The molecule has 0 rings (SSSR count). The third-order valence-corrected chi connectivity index (χ3v) is 0.739. The van der Waals surface area contributed by atoms with Gasteiger partial charge in [-0.2, -0.15) is 0 Å². The lowest BCUT2D eigenvalue weighted by molar-refractivity contribution is 1.41. The predicted octanol–water partition coefficient (Wildman–Crippen LogP) is 0.871. The molecule has 0 aromatic heterocycles. The first kappa shape index (κ1) is 7.73. The quantitative estimate of drug-likeness (QED) is 0.251. The Labute approximate surface area is 55.1 Å². The average molecular weight is 122 g/mol. The fourth-order valence-electron chi connectivity index (χ4n) is 0.289. The van der Waals surface area contributed by atoms with Crippen molar-refractivity contribution in [3.8, 4) is 0 Å². The van der Waals surface area contributed by atoms with Crippen LogP contribution in [0.4, 0.5) is 0 Å². The molecule has 2 heteroatoms. The van der Waals surface area contributed by atoms with Crippen molar-refractivity contribution in [2.24, 2.45) is 10.7 Å². The molecule has 0 saturated heterocycles. The molecular formula is C7H10N2. The van der Waals surface area contributed by atoms with Gasteiger partial charge in [0.15, 0.2) is 0 Å². The van der Waals surface area contributed by atoms with Crippen molar-refractivity contribution >= 4 is 5.84 Å². The minimum Gasteiger partial charge on any atom is -0.384 e. The maximum Gasteiger partial charge on any atom is 0.117 e. The Bertz CT molecular complexity index is 171. The highest BCUT2D eigenvalue weighted by atomic mass is 14.8. The van der Waals surface area contributed by atoms with Gasteiger partial charge in [-0.3, -0.25) is 4.99 Å². The second kappa shape index (κ2) is 4.88. The first-order valence-electron chi connectivity index (χ1n) is 2.56. The minimum atomic E-state index is 0.501. The van der Waals surface area contributed by atoms with E-state index in [0.29, 0.717) is 5.84 Å². The Kier molecular flexibility index (Phi) is 4.19. The van der Waals surface area contributed by atoms with Crippen LogP contribution >= 0.6 is 0 Å².